The van der Waals surface area contributed by atoms with E-state index in [1.165, 1.54) is 13.0 Å². The molecule has 0 bridgehead atoms. The highest BCUT2D eigenvalue weighted by atomic mass is 32.2. The Morgan fingerprint density at radius 1 is 1.11 bits per heavy atom. The van der Waals surface area contributed by atoms with Gasteiger partial charge in [-0.2, -0.15) is 13.2 Å². The van der Waals surface area contributed by atoms with E-state index < -0.39 is 38.7 Å². The summed E-state index contributed by atoms with van der Waals surface area (Å²) in [5, 5.41) is 0. The van der Waals surface area contributed by atoms with E-state index in [1.807, 2.05) is 0 Å². The fourth-order valence-corrected chi connectivity index (χ4v) is 4.59. The van der Waals surface area contributed by atoms with E-state index in [-0.39, 0.29) is 6.42 Å². The molecular weight excluding hydrogens is 383 g/mol. The number of esters is 1. The Balaban J connectivity index is 1.81. The van der Waals surface area contributed by atoms with Gasteiger partial charge in [0, 0.05) is 13.0 Å². The molecule has 0 amide bonds. The molecule has 3 rings (SSSR count). The van der Waals surface area contributed by atoms with Gasteiger partial charge in [-0.25, -0.2) is 13.1 Å². The number of halogens is 3. The van der Waals surface area contributed by atoms with E-state index in [2.05, 4.69) is 4.72 Å². The molecule has 144 valence electrons. The van der Waals surface area contributed by atoms with Gasteiger partial charge in [0.05, 0.1) is 10.5 Å². The largest absolute Gasteiger partial charge is 0.427 e. The fourth-order valence-electron chi connectivity index (χ4n) is 3.13. The maximum absolute atomic E-state index is 13.1. The zero-order chi connectivity index (χ0) is 19.8. The predicted octanol–water partition coefficient (Wildman–Crippen LogP) is 3.08. The van der Waals surface area contributed by atoms with Gasteiger partial charge in [-0.1, -0.05) is 18.2 Å². The lowest BCUT2D eigenvalue weighted by Crippen LogP contribution is -2.36. The molecule has 0 spiro atoms. The molecule has 0 heterocycles. The summed E-state index contributed by atoms with van der Waals surface area (Å²) >= 11 is 0. The first-order valence-electron chi connectivity index (χ1n) is 8.05. The molecular formula is C18H16F3NO4S. The normalized spacial score (nSPS) is 16.8. The molecule has 1 unspecified atom stereocenters. The molecule has 1 aliphatic carbocycles. The van der Waals surface area contributed by atoms with Crippen molar-refractivity contribution in [3.05, 3.63) is 59.2 Å². The van der Waals surface area contributed by atoms with Crippen LogP contribution in [0.1, 0.15) is 23.6 Å². The molecule has 2 aromatic carbocycles. The van der Waals surface area contributed by atoms with Crippen LogP contribution in [-0.2, 0) is 33.8 Å². The molecule has 0 aromatic heterocycles. The summed E-state index contributed by atoms with van der Waals surface area (Å²) in [7, 11) is -4.36. The lowest BCUT2D eigenvalue weighted by atomic mass is 10.1. The summed E-state index contributed by atoms with van der Waals surface area (Å²) in [5.41, 5.74) is 0.429. The van der Waals surface area contributed by atoms with Crippen LogP contribution in [0.15, 0.2) is 47.4 Å². The van der Waals surface area contributed by atoms with E-state index in [9.17, 15) is 26.4 Å². The SMILES string of the molecule is CC(=O)Oc1ccc2c(c1)CC(NS(=O)(=O)c1ccccc1C(F)(F)F)C2. The Hall–Kier alpha value is -2.39. The number of ether oxygens (including phenoxy) is 1. The van der Waals surface area contributed by atoms with Gasteiger partial charge < -0.3 is 4.74 Å². The molecule has 0 saturated carbocycles. The number of rotatable bonds is 4. The Bertz CT molecular complexity index is 986. The molecule has 0 saturated heterocycles. The smallest absolute Gasteiger partial charge is 0.417 e. The summed E-state index contributed by atoms with van der Waals surface area (Å²) in [6.07, 6.45) is -4.15. The number of benzene rings is 2. The lowest BCUT2D eigenvalue weighted by molar-refractivity contribution is -0.140. The topological polar surface area (TPSA) is 72.5 Å². The van der Waals surface area contributed by atoms with E-state index in [1.54, 1.807) is 18.2 Å². The molecule has 0 radical (unpaired) electrons. The second-order valence-corrected chi connectivity index (χ2v) is 7.93. The summed E-state index contributed by atoms with van der Waals surface area (Å²) in [6, 6.07) is 8.42. The zero-order valence-corrected chi connectivity index (χ0v) is 15.0. The molecule has 2 aromatic rings. The van der Waals surface area contributed by atoms with Crippen LogP contribution in [0.4, 0.5) is 13.2 Å². The van der Waals surface area contributed by atoms with Crippen LogP contribution in [0.2, 0.25) is 0 Å². The number of hydrogen-bond acceptors (Lipinski definition) is 4. The number of hydrogen-bond donors (Lipinski definition) is 1. The number of carbonyl (C=O) groups excluding carboxylic acids is 1. The third-order valence-electron chi connectivity index (χ3n) is 4.18. The predicted molar refractivity (Wildman–Crippen MR) is 90.7 cm³/mol. The minimum absolute atomic E-state index is 0.290. The Morgan fingerprint density at radius 3 is 2.44 bits per heavy atom. The monoisotopic (exact) mass is 399 g/mol. The van der Waals surface area contributed by atoms with Gasteiger partial charge in [0.1, 0.15) is 5.75 Å². The van der Waals surface area contributed by atoms with Crippen molar-refractivity contribution in [2.75, 3.05) is 0 Å². The average molecular weight is 399 g/mol. The van der Waals surface area contributed by atoms with E-state index >= 15 is 0 Å². The highest BCUT2D eigenvalue weighted by molar-refractivity contribution is 7.89. The second-order valence-electron chi connectivity index (χ2n) is 6.24. The van der Waals surface area contributed by atoms with Gasteiger partial charge in [-0.3, -0.25) is 4.79 Å². The Labute approximate surface area is 154 Å². The number of sulfonamides is 1. The molecule has 5 nitrogen and oxygen atoms in total. The molecule has 0 aliphatic heterocycles. The minimum atomic E-state index is -4.77. The summed E-state index contributed by atoms with van der Waals surface area (Å²) in [5.74, 6) is -0.138. The van der Waals surface area contributed by atoms with Crippen molar-refractivity contribution < 1.29 is 31.1 Å². The molecule has 1 atom stereocenters. The standard InChI is InChI=1S/C18H16F3NO4S/c1-11(23)26-15-7-6-12-8-14(9-13(12)10-15)22-27(24,25)17-5-3-2-4-16(17)18(19,20)21/h2-7,10,14,22H,8-9H2,1H3. The maximum Gasteiger partial charge on any atom is 0.417 e. The first-order chi connectivity index (χ1) is 12.6. The van der Waals surface area contributed by atoms with Crippen molar-refractivity contribution in [2.24, 2.45) is 0 Å². The molecule has 27 heavy (non-hydrogen) atoms. The summed E-state index contributed by atoms with van der Waals surface area (Å²) in [6.45, 7) is 1.27. The third-order valence-corrected chi connectivity index (χ3v) is 5.75. The summed E-state index contributed by atoms with van der Waals surface area (Å²) < 4.78 is 71.8. The Kier molecular flexibility index (Phi) is 5.00. The first kappa shape index (κ1) is 19.4. The van der Waals surface area contributed by atoms with E-state index in [0.29, 0.717) is 12.2 Å². The zero-order valence-electron chi connectivity index (χ0n) is 14.2. The first-order valence-corrected chi connectivity index (χ1v) is 9.53. The van der Waals surface area contributed by atoms with Crippen LogP contribution < -0.4 is 9.46 Å². The second kappa shape index (κ2) is 6.97. The van der Waals surface area contributed by atoms with E-state index in [4.69, 9.17) is 4.74 Å². The fraction of sp³-hybridized carbons (Fsp3) is 0.278. The Morgan fingerprint density at radius 2 is 1.78 bits per heavy atom. The highest BCUT2D eigenvalue weighted by Crippen LogP contribution is 2.34. The number of nitrogens with one attached hydrogen (secondary N) is 1. The third kappa shape index (κ3) is 4.30. The van der Waals surface area contributed by atoms with Crippen molar-refractivity contribution in [2.45, 2.75) is 36.9 Å². The van der Waals surface area contributed by atoms with Crippen LogP contribution >= 0.6 is 0 Å². The molecule has 0 fully saturated rings. The van der Waals surface area contributed by atoms with Crippen LogP contribution in [0, 0.1) is 0 Å². The van der Waals surface area contributed by atoms with Crippen molar-refractivity contribution in [3.8, 4) is 5.75 Å². The molecule has 1 aliphatic rings. The average Bonchev–Trinajstić information content (AvgIpc) is 2.94. The van der Waals surface area contributed by atoms with Crippen molar-refractivity contribution in [1.82, 2.24) is 4.72 Å². The lowest BCUT2D eigenvalue weighted by Gasteiger charge is -2.16. The quantitative estimate of drug-likeness (QED) is 0.634. The van der Waals surface area contributed by atoms with Gasteiger partial charge in [0.15, 0.2) is 0 Å². The van der Waals surface area contributed by atoms with Crippen LogP contribution in [-0.4, -0.2) is 20.4 Å². The van der Waals surface area contributed by atoms with Crippen LogP contribution in [0.3, 0.4) is 0 Å². The van der Waals surface area contributed by atoms with Crippen LogP contribution in [0.25, 0.3) is 0 Å². The van der Waals surface area contributed by atoms with E-state index in [0.717, 1.165) is 29.3 Å². The molecule has 9 heteroatoms. The van der Waals surface area contributed by atoms with Crippen LogP contribution in [0.5, 0.6) is 5.75 Å². The van der Waals surface area contributed by atoms with Crippen molar-refractivity contribution in [3.63, 3.8) is 0 Å². The van der Waals surface area contributed by atoms with Crippen molar-refractivity contribution >= 4 is 16.0 Å². The highest BCUT2D eigenvalue weighted by Gasteiger charge is 2.38. The van der Waals surface area contributed by atoms with Gasteiger partial charge in [-0.05, 0) is 48.2 Å². The van der Waals surface area contributed by atoms with Gasteiger partial charge in [-0.15, -0.1) is 0 Å². The molecule has 1 N–H and O–H groups in total. The maximum atomic E-state index is 13.1. The summed E-state index contributed by atoms with van der Waals surface area (Å²) in [4.78, 5) is 10.2. The van der Waals surface area contributed by atoms with Gasteiger partial charge in [0.2, 0.25) is 10.0 Å². The number of fused-ring (bicyclic) bond motifs is 1. The van der Waals surface area contributed by atoms with Gasteiger partial charge >= 0.3 is 12.1 Å². The minimum Gasteiger partial charge on any atom is -0.427 e. The number of carbonyl (C=O) groups is 1. The number of alkyl halides is 3. The van der Waals surface area contributed by atoms with Crippen molar-refractivity contribution in [1.29, 1.82) is 0 Å². The van der Waals surface area contributed by atoms with Gasteiger partial charge in [0.25, 0.3) is 0 Å².